The number of methoxy groups -OCH3 is 1. The SMILES string of the molecule is COc1ccc(NS(=O)(=O)c2ccc(S(=O)(=O)c3ccccc3)c(C#N)c2)cc1F. The average molecular weight is 446 g/mol. The van der Waals surface area contributed by atoms with Gasteiger partial charge in [-0.3, -0.25) is 4.72 Å². The summed E-state index contributed by atoms with van der Waals surface area (Å²) in [5.74, 6) is -0.820. The van der Waals surface area contributed by atoms with Gasteiger partial charge in [-0.25, -0.2) is 21.2 Å². The van der Waals surface area contributed by atoms with Gasteiger partial charge in [-0.15, -0.1) is 0 Å². The molecule has 0 aliphatic heterocycles. The van der Waals surface area contributed by atoms with Crippen LogP contribution in [0.1, 0.15) is 5.56 Å². The number of benzene rings is 3. The number of anilines is 1. The molecule has 3 rings (SSSR count). The maximum Gasteiger partial charge on any atom is 0.261 e. The van der Waals surface area contributed by atoms with Gasteiger partial charge in [0.2, 0.25) is 9.84 Å². The van der Waals surface area contributed by atoms with Crippen LogP contribution >= 0.6 is 0 Å². The van der Waals surface area contributed by atoms with Crippen LogP contribution in [0.15, 0.2) is 81.4 Å². The number of ether oxygens (including phenoxy) is 1. The van der Waals surface area contributed by atoms with Crippen LogP contribution in [0.5, 0.6) is 5.75 Å². The van der Waals surface area contributed by atoms with Crippen molar-refractivity contribution in [3.05, 3.63) is 78.1 Å². The van der Waals surface area contributed by atoms with Crippen molar-refractivity contribution in [1.29, 1.82) is 5.26 Å². The Kier molecular flexibility index (Phi) is 5.78. The number of sulfone groups is 1. The van der Waals surface area contributed by atoms with Crippen LogP contribution in [-0.4, -0.2) is 23.9 Å². The van der Waals surface area contributed by atoms with E-state index in [0.717, 1.165) is 24.3 Å². The summed E-state index contributed by atoms with van der Waals surface area (Å²) >= 11 is 0. The van der Waals surface area contributed by atoms with E-state index in [4.69, 9.17) is 4.74 Å². The normalized spacial score (nSPS) is 11.5. The first-order valence-corrected chi connectivity index (χ1v) is 11.4. The van der Waals surface area contributed by atoms with Gasteiger partial charge in [0.05, 0.1) is 33.0 Å². The van der Waals surface area contributed by atoms with Gasteiger partial charge in [-0.05, 0) is 42.5 Å². The lowest BCUT2D eigenvalue weighted by molar-refractivity contribution is 0.386. The Morgan fingerprint density at radius 2 is 1.63 bits per heavy atom. The summed E-state index contributed by atoms with van der Waals surface area (Å²) in [4.78, 5) is -0.683. The molecule has 10 heteroatoms. The predicted octanol–water partition coefficient (Wildman–Crippen LogP) is 3.34. The zero-order chi connectivity index (χ0) is 21.9. The minimum Gasteiger partial charge on any atom is -0.494 e. The summed E-state index contributed by atoms with van der Waals surface area (Å²) in [5, 5.41) is 9.41. The summed E-state index contributed by atoms with van der Waals surface area (Å²) in [6.45, 7) is 0. The van der Waals surface area contributed by atoms with Crippen LogP contribution in [0.2, 0.25) is 0 Å². The number of rotatable bonds is 6. The predicted molar refractivity (Wildman–Crippen MR) is 107 cm³/mol. The topological polar surface area (TPSA) is 113 Å². The quantitative estimate of drug-likeness (QED) is 0.621. The molecule has 3 aromatic carbocycles. The van der Waals surface area contributed by atoms with Crippen molar-refractivity contribution < 1.29 is 26.0 Å². The number of hydrogen-bond acceptors (Lipinski definition) is 6. The third-order valence-corrected chi connectivity index (χ3v) is 7.34. The zero-order valence-corrected chi connectivity index (χ0v) is 17.2. The van der Waals surface area contributed by atoms with E-state index in [1.165, 1.54) is 43.5 Å². The average Bonchev–Trinajstić information content (AvgIpc) is 2.73. The van der Waals surface area contributed by atoms with Crippen molar-refractivity contribution in [2.24, 2.45) is 0 Å². The van der Waals surface area contributed by atoms with Gasteiger partial charge in [0.1, 0.15) is 6.07 Å². The van der Waals surface area contributed by atoms with Crippen molar-refractivity contribution in [3.63, 3.8) is 0 Å². The fourth-order valence-electron chi connectivity index (χ4n) is 2.67. The second-order valence-corrected chi connectivity index (χ2v) is 9.64. The number of nitrogens with zero attached hydrogens (tertiary/aromatic N) is 1. The van der Waals surface area contributed by atoms with Crippen molar-refractivity contribution in [2.45, 2.75) is 14.7 Å². The van der Waals surface area contributed by atoms with Crippen molar-refractivity contribution in [3.8, 4) is 11.8 Å². The molecule has 0 atom stereocenters. The molecule has 0 radical (unpaired) electrons. The van der Waals surface area contributed by atoms with E-state index < -0.39 is 25.7 Å². The molecule has 0 aromatic heterocycles. The molecule has 0 saturated heterocycles. The molecule has 0 saturated carbocycles. The van der Waals surface area contributed by atoms with Crippen LogP contribution in [0.3, 0.4) is 0 Å². The van der Waals surface area contributed by atoms with Gasteiger partial charge in [-0.1, -0.05) is 18.2 Å². The van der Waals surface area contributed by atoms with Gasteiger partial charge in [0.15, 0.2) is 11.6 Å². The van der Waals surface area contributed by atoms with Gasteiger partial charge in [0, 0.05) is 6.07 Å². The lowest BCUT2D eigenvalue weighted by Gasteiger charge is -2.11. The molecule has 7 nitrogen and oxygen atoms in total. The molecular weight excluding hydrogens is 431 g/mol. The van der Waals surface area contributed by atoms with E-state index in [1.54, 1.807) is 12.1 Å². The third kappa shape index (κ3) is 4.12. The van der Waals surface area contributed by atoms with Crippen molar-refractivity contribution in [1.82, 2.24) is 0 Å². The summed E-state index contributed by atoms with van der Waals surface area (Å²) in [7, 11) is -6.96. The molecule has 1 N–H and O–H groups in total. The van der Waals surface area contributed by atoms with Gasteiger partial charge >= 0.3 is 0 Å². The number of halogens is 1. The van der Waals surface area contributed by atoms with E-state index in [9.17, 15) is 26.5 Å². The second-order valence-electron chi connectivity index (χ2n) is 6.04. The Hall–Kier alpha value is -3.42. The fraction of sp³-hybridized carbons (Fsp3) is 0.0500. The highest BCUT2D eigenvalue weighted by Crippen LogP contribution is 2.27. The van der Waals surface area contributed by atoms with Crippen LogP contribution < -0.4 is 9.46 Å². The first kappa shape index (κ1) is 21.3. The van der Waals surface area contributed by atoms with E-state index in [2.05, 4.69) is 4.72 Å². The van der Waals surface area contributed by atoms with Gasteiger partial charge in [0.25, 0.3) is 10.0 Å². The molecule has 154 valence electrons. The smallest absolute Gasteiger partial charge is 0.261 e. The maximum atomic E-state index is 13.8. The van der Waals surface area contributed by atoms with E-state index >= 15 is 0 Å². The Morgan fingerprint density at radius 3 is 2.23 bits per heavy atom. The molecule has 0 bridgehead atoms. The highest BCUT2D eigenvalue weighted by molar-refractivity contribution is 7.93. The Labute approximate surface area is 173 Å². The lowest BCUT2D eigenvalue weighted by atomic mass is 10.2. The van der Waals surface area contributed by atoms with Crippen LogP contribution in [0, 0.1) is 17.1 Å². The van der Waals surface area contributed by atoms with Crippen LogP contribution in [-0.2, 0) is 19.9 Å². The number of sulfonamides is 1. The second kappa shape index (κ2) is 8.14. The summed E-state index contributed by atoms with van der Waals surface area (Å²) in [6.07, 6.45) is 0. The Balaban J connectivity index is 2.00. The van der Waals surface area contributed by atoms with Gasteiger partial charge in [-0.2, -0.15) is 5.26 Å². The zero-order valence-electron chi connectivity index (χ0n) is 15.5. The highest BCUT2D eigenvalue weighted by Gasteiger charge is 2.24. The minimum absolute atomic E-state index is 0.0241. The van der Waals surface area contributed by atoms with E-state index in [1.807, 2.05) is 0 Å². The lowest BCUT2D eigenvalue weighted by Crippen LogP contribution is -2.14. The third-order valence-electron chi connectivity index (χ3n) is 4.13. The first-order chi connectivity index (χ1) is 14.2. The number of hydrogen-bond donors (Lipinski definition) is 1. The molecular formula is C20H15FN2O5S2. The van der Waals surface area contributed by atoms with Crippen molar-refractivity contribution in [2.75, 3.05) is 11.8 Å². The number of nitriles is 1. The van der Waals surface area contributed by atoms with Gasteiger partial charge < -0.3 is 4.74 Å². The largest absolute Gasteiger partial charge is 0.494 e. The summed E-state index contributed by atoms with van der Waals surface area (Å²) in [6, 6.07) is 15.8. The maximum absolute atomic E-state index is 13.8. The van der Waals surface area contributed by atoms with Crippen molar-refractivity contribution >= 4 is 25.5 Å². The Morgan fingerprint density at radius 1 is 0.933 bits per heavy atom. The first-order valence-electron chi connectivity index (χ1n) is 8.39. The number of nitrogens with one attached hydrogen (secondary N) is 1. The monoisotopic (exact) mass is 446 g/mol. The van der Waals surface area contributed by atoms with E-state index in [-0.39, 0.29) is 31.7 Å². The fourth-order valence-corrected chi connectivity index (χ4v) is 5.15. The standard InChI is InChI=1S/C20H15FN2O5S2/c1-28-19-9-7-15(12-18(19)21)23-30(26,27)17-8-10-20(14(11-17)13-22)29(24,25)16-5-3-2-4-6-16/h2-12,23H,1H3. The molecule has 0 fully saturated rings. The summed E-state index contributed by atoms with van der Waals surface area (Å²) < 4.78 is 71.7. The summed E-state index contributed by atoms with van der Waals surface area (Å²) in [5.41, 5.74) is -0.393. The minimum atomic E-state index is -4.21. The molecule has 3 aromatic rings. The van der Waals surface area contributed by atoms with Crippen LogP contribution in [0.4, 0.5) is 10.1 Å². The highest BCUT2D eigenvalue weighted by atomic mass is 32.2. The molecule has 0 aliphatic carbocycles. The molecule has 0 aliphatic rings. The molecule has 0 unspecified atom stereocenters. The van der Waals surface area contributed by atoms with E-state index in [0.29, 0.717) is 0 Å². The molecule has 30 heavy (non-hydrogen) atoms. The molecule has 0 amide bonds. The molecule has 0 heterocycles. The van der Waals surface area contributed by atoms with Crippen LogP contribution in [0.25, 0.3) is 0 Å². The Bertz CT molecular complexity index is 1350. The molecule has 0 spiro atoms.